The van der Waals surface area contributed by atoms with Gasteiger partial charge in [0.15, 0.2) is 12.4 Å². The van der Waals surface area contributed by atoms with Crippen molar-refractivity contribution < 1.29 is 9.53 Å². The second kappa shape index (κ2) is 7.44. The molecule has 0 aliphatic carbocycles. The number of amides is 1. The summed E-state index contributed by atoms with van der Waals surface area (Å²) in [7, 11) is 0. The third-order valence-electron chi connectivity index (χ3n) is 4.28. The number of aryl methyl sites for hydroxylation is 3. The monoisotopic (exact) mass is 349 g/mol. The Balaban J connectivity index is 1.65. The number of carbonyl (C=O) groups excluding carboxylic acids is 1. The first-order chi connectivity index (χ1) is 12.4. The van der Waals surface area contributed by atoms with E-state index < -0.39 is 0 Å². The Labute approximate surface area is 153 Å². The average molecular weight is 349 g/mol. The largest absolute Gasteiger partial charge is 0.471 e. The zero-order valence-electron chi connectivity index (χ0n) is 15.5. The van der Waals surface area contributed by atoms with Crippen molar-refractivity contribution in [1.29, 1.82) is 0 Å². The van der Waals surface area contributed by atoms with Crippen LogP contribution in [0.25, 0.3) is 0 Å². The Morgan fingerprint density at radius 1 is 1.08 bits per heavy atom. The van der Waals surface area contributed by atoms with Gasteiger partial charge in [0.1, 0.15) is 5.75 Å². The van der Waals surface area contributed by atoms with Gasteiger partial charge in [-0.1, -0.05) is 18.2 Å². The number of nitrogens with zero attached hydrogens (tertiary/aromatic N) is 2. The number of hydrogen-bond donors (Lipinski definition) is 1. The van der Waals surface area contributed by atoms with Crippen LogP contribution >= 0.6 is 0 Å². The first kappa shape index (κ1) is 17.7. The van der Waals surface area contributed by atoms with Gasteiger partial charge >= 0.3 is 0 Å². The Morgan fingerprint density at radius 2 is 1.81 bits per heavy atom. The van der Waals surface area contributed by atoms with Gasteiger partial charge in [0.25, 0.3) is 5.91 Å². The molecule has 2 aromatic carbocycles. The van der Waals surface area contributed by atoms with Crippen molar-refractivity contribution in [2.24, 2.45) is 0 Å². The average Bonchev–Trinajstić information content (AvgIpc) is 3.05. The molecule has 1 aromatic heterocycles. The number of benzene rings is 2. The number of rotatable bonds is 5. The zero-order chi connectivity index (χ0) is 18.7. The quantitative estimate of drug-likeness (QED) is 0.742. The van der Waals surface area contributed by atoms with E-state index in [0.717, 1.165) is 33.7 Å². The predicted octanol–water partition coefficient (Wildman–Crippen LogP) is 4.41. The number of ether oxygens (including phenoxy) is 1. The highest BCUT2D eigenvalue weighted by Gasteiger charge is 2.12. The van der Waals surface area contributed by atoms with Crippen LogP contribution in [0.2, 0.25) is 0 Å². The lowest BCUT2D eigenvalue weighted by molar-refractivity contribution is 0.102. The van der Waals surface area contributed by atoms with Crippen molar-refractivity contribution >= 4 is 11.6 Å². The summed E-state index contributed by atoms with van der Waals surface area (Å²) in [5.41, 5.74) is 5.64. The number of aromatic nitrogens is 2. The number of hydrogen-bond acceptors (Lipinski definition) is 3. The van der Waals surface area contributed by atoms with Crippen LogP contribution in [0.5, 0.6) is 5.75 Å². The van der Waals surface area contributed by atoms with E-state index in [0.29, 0.717) is 5.69 Å². The fraction of sp³-hybridized carbons (Fsp3) is 0.238. The van der Waals surface area contributed by atoms with Gasteiger partial charge in [0.05, 0.1) is 0 Å². The van der Waals surface area contributed by atoms with Gasteiger partial charge in [-0.15, -0.1) is 0 Å². The Bertz CT molecular complexity index is 924. The molecule has 0 aliphatic rings. The van der Waals surface area contributed by atoms with Crippen LogP contribution in [0.1, 0.15) is 32.7 Å². The van der Waals surface area contributed by atoms with E-state index in [1.54, 1.807) is 16.9 Å². The highest BCUT2D eigenvalue weighted by atomic mass is 16.5. The van der Waals surface area contributed by atoms with Gasteiger partial charge in [-0.3, -0.25) is 4.79 Å². The Hall–Kier alpha value is -3.08. The van der Waals surface area contributed by atoms with Crippen LogP contribution in [-0.2, 0) is 6.73 Å². The fourth-order valence-corrected chi connectivity index (χ4v) is 2.78. The highest BCUT2D eigenvalue weighted by Crippen LogP contribution is 2.19. The molecule has 0 unspecified atom stereocenters. The summed E-state index contributed by atoms with van der Waals surface area (Å²) >= 11 is 0. The van der Waals surface area contributed by atoms with E-state index in [4.69, 9.17) is 4.74 Å². The minimum Gasteiger partial charge on any atom is -0.471 e. The lowest BCUT2D eigenvalue weighted by atomic mass is 10.1. The maximum Gasteiger partial charge on any atom is 0.276 e. The minimum absolute atomic E-state index is 0.233. The minimum atomic E-state index is -0.233. The van der Waals surface area contributed by atoms with Gasteiger partial charge in [-0.25, -0.2) is 4.68 Å². The second-order valence-corrected chi connectivity index (χ2v) is 6.54. The summed E-state index contributed by atoms with van der Waals surface area (Å²) in [5.74, 6) is 0.559. The summed E-state index contributed by atoms with van der Waals surface area (Å²) in [5, 5.41) is 7.21. The summed E-state index contributed by atoms with van der Waals surface area (Å²) in [6.07, 6.45) is 1.74. The molecule has 0 aliphatic heterocycles. The van der Waals surface area contributed by atoms with Crippen molar-refractivity contribution in [3.8, 4) is 5.75 Å². The maximum absolute atomic E-state index is 12.4. The topological polar surface area (TPSA) is 56.1 Å². The van der Waals surface area contributed by atoms with Crippen LogP contribution in [0, 0.1) is 27.7 Å². The van der Waals surface area contributed by atoms with Crippen LogP contribution < -0.4 is 10.1 Å². The van der Waals surface area contributed by atoms with Crippen molar-refractivity contribution in [3.05, 3.63) is 76.6 Å². The normalized spacial score (nSPS) is 10.6. The lowest BCUT2D eigenvalue weighted by Gasteiger charge is -2.09. The molecule has 26 heavy (non-hydrogen) atoms. The first-order valence-corrected chi connectivity index (χ1v) is 8.54. The van der Waals surface area contributed by atoms with Gasteiger partial charge < -0.3 is 10.1 Å². The molecule has 1 amide bonds. The molecule has 0 saturated carbocycles. The van der Waals surface area contributed by atoms with E-state index in [-0.39, 0.29) is 12.6 Å². The summed E-state index contributed by atoms with van der Waals surface area (Å²) in [4.78, 5) is 12.4. The maximum atomic E-state index is 12.4. The summed E-state index contributed by atoms with van der Waals surface area (Å²) < 4.78 is 7.38. The van der Waals surface area contributed by atoms with E-state index in [2.05, 4.69) is 16.5 Å². The molecule has 0 fully saturated rings. The Morgan fingerprint density at radius 3 is 2.54 bits per heavy atom. The van der Waals surface area contributed by atoms with Gasteiger partial charge in [0.2, 0.25) is 0 Å². The Kier molecular flexibility index (Phi) is 5.07. The molecular formula is C21H23N3O2. The van der Waals surface area contributed by atoms with Gasteiger partial charge in [-0.05, 0) is 74.2 Å². The van der Waals surface area contributed by atoms with Crippen LogP contribution in [0.15, 0.2) is 48.7 Å². The molecule has 134 valence electrons. The predicted molar refractivity (Wildman–Crippen MR) is 103 cm³/mol. The SMILES string of the molecule is Cc1cc(C)cc(OCn2ccc(C(=O)Nc3cccc(C)c3C)n2)c1. The molecule has 1 heterocycles. The zero-order valence-corrected chi connectivity index (χ0v) is 15.5. The standard InChI is InChI=1S/C21H23N3O2/c1-14-10-15(2)12-18(11-14)26-13-24-9-8-20(23-24)21(25)22-19-7-5-6-16(3)17(19)4/h5-12H,13H2,1-4H3,(H,22,25). The van der Waals surface area contributed by atoms with Crippen molar-refractivity contribution in [3.63, 3.8) is 0 Å². The van der Waals surface area contributed by atoms with Gasteiger partial charge in [-0.2, -0.15) is 5.10 Å². The molecule has 0 atom stereocenters. The first-order valence-electron chi connectivity index (χ1n) is 8.54. The molecule has 5 nitrogen and oxygen atoms in total. The van der Waals surface area contributed by atoms with E-state index in [9.17, 15) is 4.79 Å². The molecule has 3 rings (SSSR count). The summed E-state index contributed by atoms with van der Waals surface area (Å²) in [6.45, 7) is 8.32. The summed E-state index contributed by atoms with van der Waals surface area (Å²) in [6, 6.07) is 13.6. The number of carbonyl (C=O) groups is 1. The molecule has 0 saturated heterocycles. The van der Waals surface area contributed by atoms with E-state index in [1.165, 1.54) is 0 Å². The molecule has 0 radical (unpaired) electrons. The van der Waals surface area contributed by atoms with Crippen LogP contribution in [-0.4, -0.2) is 15.7 Å². The molecule has 0 spiro atoms. The highest BCUT2D eigenvalue weighted by molar-refractivity contribution is 6.03. The van der Waals surface area contributed by atoms with Crippen molar-refractivity contribution in [1.82, 2.24) is 9.78 Å². The van der Waals surface area contributed by atoms with Crippen molar-refractivity contribution in [2.45, 2.75) is 34.4 Å². The van der Waals surface area contributed by atoms with Crippen LogP contribution in [0.4, 0.5) is 5.69 Å². The number of nitrogens with one attached hydrogen (secondary N) is 1. The fourth-order valence-electron chi connectivity index (χ4n) is 2.78. The smallest absolute Gasteiger partial charge is 0.276 e. The molecule has 1 N–H and O–H groups in total. The third kappa shape index (κ3) is 4.11. The van der Waals surface area contributed by atoms with Crippen LogP contribution in [0.3, 0.4) is 0 Å². The van der Waals surface area contributed by atoms with E-state index in [1.807, 2.05) is 58.0 Å². The lowest BCUT2D eigenvalue weighted by Crippen LogP contribution is -2.15. The molecule has 3 aromatic rings. The molecular weight excluding hydrogens is 326 g/mol. The van der Waals surface area contributed by atoms with Gasteiger partial charge in [0, 0.05) is 11.9 Å². The number of anilines is 1. The molecule has 5 heteroatoms. The third-order valence-corrected chi connectivity index (χ3v) is 4.28. The second-order valence-electron chi connectivity index (χ2n) is 6.54. The van der Waals surface area contributed by atoms with E-state index >= 15 is 0 Å². The van der Waals surface area contributed by atoms with Crippen molar-refractivity contribution in [2.75, 3.05) is 5.32 Å². The molecule has 0 bridgehead atoms.